The number of rotatable bonds is 5. The van der Waals surface area contributed by atoms with Crippen LogP contribution in [0.25, 0.3) is 0 Å². The topological polar surface area (TPSA) is 38.5 Å². The number of piperidine rings is 1. The van der Waals surface area contributed by atoms with Gasteiger partial charge in [0.05, 0.1) is 6.61 Å². The van der Waals surface area contributed by atoms with Gasteiger partial charge in [-0.2, -0.15) is 0 Å². The van der Waals surface area contributed by atoms with Crippen LogP contribution in [0.1, 0.15) is 18.4 Å². The lowest BCUT2D eigenvalue weighted by molar-refractivity contribution is 0.111. The van der Waals surface area contributed by atoms with Gasteiger partial charge in [-0.15, -0.1) is 0 Å². The van der Waals surface area contributed by atoms with Crippen LogP contribution in [-0.2, 0) is 10.2 Å². The van der Waals surface area contributed by atoms with Crippen LogP contribution in [0.5, 0.6) is 0 Å². The van der Waals surface area contributed by atoms with E-state index >= 15 is 0 Å². The van der Waals surface area contributed by atoms with E-state index < -0.39 is 0 Å². The number of benzene rings is 1. The molecule has 1 aromatic carbocycles. The third-order valence-corrected chi connectivity index (χ3v) is 4.20. The maximum Gasteiger partial charge on any atom is 0.0589 e. The number of nitrogens with two attached hydrogens (primary N) is 1. The average molecular weight is 248 g/mol. The fraction of sp³-hybridized carbons (Fsp3) is 0.600. The Morgan fingerprint density at radius 1 is 1.22 bits per heavy atom. The molecule has 1 fully saturated rings. The quantitative estimate of drug-likeness (QED) is 0.860. The molecule has 0 spiro atoms. The fourth-order valence-corrected chi connectivity index (χ4v) is 2.83. The molecule has 1 aromatic rings. The van der Waals surface area contributed by atoms with E-state index in [1.165, 1.54) is 5.56 Å². The van der Waals surface area contributed by atoms with E-state index in [1.54, 1.807) is 7.11 Å². The maximum atomic E-state index is 6.07. The summed E-state index contributed by atoms with van der Waals surface area (Å²) < 4.78 is 5.14. The molecule has 3 nitrogen and oxygen atoms in total. The number of methoxy groups -OCH3 is 1. The van der Waals surface area contributed by atoms with Crippen LogP contribution >= 0.6 is 0 Å². The third-order valence-electron chi connectivity index (χ3n) is 4.20. The Kier molecular flexibility index (Phi) is 4.75. The van der Waals surface area contributed by atoms with Crippen LogP contribution in [0.3, 0.4) is 0 Å². The molecule has 0 atom stereocenters. The summed E-state index contributed by atoms with van der Waals surface area (Å²) in [5.41, 5.74) is 7.66. The van der Waals surface area contributed by atoms with Crippen molar-refractivity contribution >= 4 is 0 Å². The lowest BCUT2D eigenvalue weighted by Gasteiger charge is -2.41. The van der Waals surface area contributed by atoms with Crippen molar-refractivity contribution in [3.8, 4) is 0 Å². The van der Waals surface area contributed by atoms with Crippen molar-refractivity contribution in [2.24, 2.45) is 5.73 Å². The maximum absolute atomic E-state index is 6.07. The van der Waals surface area contributed by atoms with Gasteiger partial charge in [0.15, 0.2) is 0 Å². The molecule has 18 heavy (non-hydrogen) atoms. The highest BCUT2D eigenvalue weighted by Crippen LogP contribution is 2.34. The van der Waals surface area contributed by atoms with Gasteiger partial charge >= 0.3 is 0 Å². The fourth-order valence-electron chi connectivity index (χ4n) is 2.83. The van der Waals surface area contributed by atoms with Crippen molar-refractivity contribution in [1.82, 2.24) is 4.90 Å². The second-order valence-electron chi connectivity index (χ2n) is 5.18. The summed E-state index contributed by atoms with van der Waals surface area (Å²) in [4.78, 5) is 2.47. The molecule has 1 saturated heterocycles. The first-order chi connectivity index (χ1) is 8.80. The van der Waals surface area contributed by atoms with E-state index in [2.05, 4.69) is 35.2 Å². The molecular weight excluding hydrogens is 224 g/mol. The SMILES string of the molecule is COCCN1CCC(CN)(c2ccccc2)CC1. The molecule has 3 heteroatoms. The van der Waals surface area contributed by atoms with Crippen molar-refractivity contribution in [2.75, 3.05) is 39.9 Å². The van der Waals surface area contributed by atoms with Gasteiger partial charge in [0.25, 0.3) is 0 Å². The van der Waals surface area contributed by atoms with Crippen LogP contribution in [0.4, 0.5) is 0 Å². The van der Waals surface area contributed by atoms with Gasteiger partial charge in [-0.3, -0.25) is 0 Å². The van der Waals surface area contributed by atoms with Crippen LogP contribution < -0.4 is 5.73 Å². The second-order valence-corrected chi connectivity index (χ2v) is 5.18. The molecule has 0 aliphatic carbocycles. The van der Waals surface area contributed by atoms with Gasteiger partial charge in [0.2, 0.25) is 0 Å². The molecule has 0 saturated carbocycles. The van der Waals surface area contributed by atoms with E-state index in [4.69, 9.17) is 10.5 Å². The molecule has 0 amide bonds. The van der Waals surface area contributed by atoms with E-state index in [1.807, 2.05) is 0 Å². The first-order valence-electron chi connectivity index (χ1n) is 6.78. The van der Waals surface area contributed by atoms with Crippen molar-refractivity contribution in [3.63, 3.8) is 0 Å². The van der Waals surface area contributed by atoms with Crippen LogP contribution in [0.2, 0.25) is 0 Å². The van der Waals surface area contributed by atoms with Gasteiger partial charge in [-0.05, 0) is 31.5 Å². The summed E-state index contributed by atoms with van der Waals surface area (Å²) >= 11 is 0. The van der Waals surface area contributed by atoms with E-state index in [0.29, 0.717) is 0 Å². The van der Waals surface area contributed by atoms with E-state index in [-0.39, 0.29) is 5.41 Å². The molecule has 2 rings (SSSR count). The van der Waals surface area contributed by atoms with Crippen LogP contribution in [0.15, 0.2) is 30.3 Å². The minimum Gasteiger partial charge on any atom is -0.383 e. The molecule has 0 bridgehead atoms. The molecule has 1 aliphatic heterocycles. The second kappa shape index (κ2) is 6.32. The van der Waals surface area contributed by atoms with Crippen molar-refractivity contribution in [3.05, 3.63) is 35.9 Å². The normalized spacial score (nSPS) is 19.9. The van der Waals surface area contributed by atoms with Gasteiger partial charge in [0.1, 0.15) is 0 Å². The molecule has 0 radical (unpaired) electrons. The minimum atomic E-state index is 0.185. The first kappa shape index (κ1) is 13.5. The first-order valence-corrected chi connectivity index (χ1v) is 6.78. The summed E-state index contributed by atoms with van der Waals surface area (Å²) in [6.07, 6.45) is 2.30. The minimum absolute atomic E-state index is 0.185. The van der Waals surface area contributed by atoms with Crippen molar-refractivity contribution in [2.45, 2.75) is 18.3 Å². The van der Waals surface area contributed by atoms with Crippen molar-refractivity contribution < 1.29 is 4.74 Å². The van der Waals surface area contributed by atoms with Gasteiger partial charge in [-0.25, -0.2) is 0 Å². The van der Waals surface area contributed by atoms with Gasteiger partial charge < -0.3 is 15.4 Å². The smallest absolute Gasteiger partial charge is 0.0589 e. The number of ether oxygens (including phenoxy) is 1. The largest absolute Gasteiger partial charge is 0.383 e. The van der Waals surface area contributed by atoms with E-state index in [0.717, 1.165) is 45.6 Å². The Labute approximate surface area is 110 Å². The zero-order valence-electron chi connectivity index (χ0n) is 11.3. The summed E-state index contributed by atoms with van der Waals surface area (Å²) in [6, 6.07) is 10.7. The standard InChI is InChI=1S/C15H24N2O/c1-18-12-11-17-9-7-15(13-16,8-10-17)14-5-3-2-4-6-14/h2-6H,7-13,16H2,1H3. The van der Waals surface area contributed by atoms with Gasteiger partial charge in [-0.1, -0.05) is 30.3 Å². The Hall–Kier alpha value is -0.900. The molecule has 2 N–H and O–H groups in total. The molecule has 1 heterocycles. The number of hydrogen-bond donors (Lipinski definition) is 1. The number of hydrogen-bond acceptors (Lipinski definition) is 3. The Morgan fingerprint density at radius 3 is 2.44 bits per heavy atom. The zero-order valence-corrected chi connectivity index (χ0v) is 11.3. The highest BCUT2D eigenvalue weighted by molar-refractivity contribution is 5.26. The molecule has 1 aliphatic rings. The summed E-state index contributed by atoms with van der Waals surface area (Å²) in [6.45, 7) is 4.84. The molecular formula is C15H24N2O. The highest BCUT2D eigenvalue weighted by Gasteiger charge is 2.34. The molecule has 0 unspecified atom stereocenters. The lowest BCUT2D eigenvalue weighted by Crippen LogP contribution is -2.47. The predicted molar refractivity (Wildman–Crippen MR) is 74.7 cm³/mol. The average Bonchev–Trinajstić information content (AvgIpc) is 2.46. The van der Waals surface area contributed by atoms with E-state index in [9.17, 15) is 0 Å². The number of nitrogens with zero attached hydrogens (tertiary/aromatic N) is 1. The van der Waals surface area contributed by atoms with Crippen LogP contribution in [0, 0.1) is 0 Å². The highest BCUT2D eigenvalue weighted by atomic mass is 16.5. The summed E-state index contributed by atoms with van der Waals surface area (Å²) in [5, 5.41) is 0. The van der Waals surface area contributed by atoms with Crippen LogP contribution in [-0.4, -0.2) is 44.8 Å². The Balaban J connectivity index is 2.00. The zero-order chi connectivity index (χ0) is 12.8. The summed E-state index contributed by atoms with van der Waals surface area (Å²) in [7, 11) is 1.76. The van der Waals surface area contributed by atoms with Crippen molar-refractivity contribution in [1.29, 1.82) is 0 Å². The predicted octanol–water partition coefficient (Wildman–Crippen LogP) is 1.63. The number of likely N-dealkylation sites (tertiary alicyclic amines) is 1. The summed E-state index contributed by atoms with van der Waals surface area (Å²) in [5.74, 6) is 0. The van der Waals surface area contributed by atoms with Gasteiger partial charge in [0, 0.05) is 25.6 Å². The third kappa shape index (κ3) is 2.91. The monoisotopic (exact) mass is 248 g/mol. The Morgan fingerprint density at radius 2 is 1.89 bits per heavy atom. The molecule has 100 valence electrons. The molecule has 0 aromatic heterocycles. The lowest BCUT2D eigenvalue weighted by atomic mass is 9.73. The Bertz CT molecular complexity index is 345.